The Morgan fingerprint density at radius 2 is 1.60 bits per heavy atom. The van der Waals surface area contributed by atoms with Gasteiger partial charge in [0.1, 0.15) is 0 Å². The van der Waals surface area contributed by atoms with Crippen LogP contribution in [0.5, 0.6) is 0 Å². The summed E-state index contributed by atoms with van der Waals surface area (Å²) in [7, 11) is 0. The molecule has 0 fully saturated rings. The van der Waals surface area contributed by atoms with Gasteiger partial charge in [0.25, 0.3) is 0 Å². The minimum atomic E-state index is -0.349. The van der Waals surface area contributed by atoms with Gasteiger partial charge in [-0.3, -0.25) is 10.1 Å². The summed E-state index contributed by atoms with van der Waals surface area (Å²) < 4.78 is 0. The van der Waals surface area contributed by atoms with Crippen molar-refractivity contribution in [1.29, 1.82) is 0 Å². The van der Waals surface area contributed by atoms with Crippen molar-refractivity contribution >= 4 is 34.0 Å². The van der Waals surface area contributed by atoms with Crippen LogP contribution >= 0.6 is 11.6 Å². The number of carbonyl (C=O) groups is 1. The van der Waals surface area contributed by atoms with Gasteiger partial charge in [0.15, 0.2) is 0 Å². The first-order valence-electron chi connectivity index (χ1n) is 8.35. The quantitative estimate of drug-likeness (QED) is 0.665. The van der Waals surface area contributed by atoms with Gasteiger partial charge in [-0.15, -0.1) is 0 Å². The third kappa shape index (κ3) is 4.19. The Hall–Kier alpha value is -2.36. The van der Waals surface area contributed by atoms with Crippen LogP contribution in [0, 0.1) is 0 Å². The molecule has 4 heteroatoms. The molecule has 0 saturated carbocycles. The molecule has 2 unspecified atom stereocenters. The van der Waals surface area contributed by atoms with E-state index in [4.69, 9.17) is 11.6 Å². The zero-order valence-corrected chi connectivity index (χ0v) is 15.0. The predicted octanol–water partition coefficient (Wildman–Crippen LogP) is 5.17. The number of hydrogen-bond acceptors (Lipinski definition) is 2. The van der Waals surface area contributed by atoms with E-state index in [0.29, 0.717) is 5.02 Å². The summed E-state index contributed by atoms with van der Waals surface area (Å²) in [6.07, 6.45) is 0. The van der Waals surface area contributed by atoms with Crippen LogP contribution < -0.4 is 10.6 Å². The van der Waals surface area contributed by atoms with Crippen molar-refractivity contribution < 1.29 is 4.79 Å². The van der Waals surface area contributed by atoms with Crippen LogP contribution in [0.4, 0.5) is 5.69 Å². The highest BCUT2D eigenvalue weighted by Gasteiger charge is 2.17. The van der Waals surface area contributed by atoms with Crippen LogP contribution in [0.15, 0.2) is 66.7 Å². The first-order valence-corrected chi connectivity index (χ1v) is 8.72. The molecule has 3 nitrogen and oxygen atoms in total. The molecule has 2 N–H and O–H groups in total. The van der Waals surface area contributed by atoms with Crippen LogP contribution in [0.2, 0.25) is 5.02 Å². The second-order valence-corrected chi connectivity index (χ2v) is 6.59. The third-order valence-electron chi connectivity index (χ3n) is 4.28. The third-order valence-corrected chi connectivity index (χ3v) is 4.63. The molecule has 0 aliphatic carbocycles. The molecule has 0 aromatic heterocycles. The lowest BCUT2D eigenvalue weighted by Crippen LogP contribution is -2.39. The Labute approximate surface area is 153 Å². The number of carbonyl (C=O) groups excluding carboxylic acids is 1. The lowest BCUT2D eigenvalue weighted by Gasteiger charge is -2.21. The Kier molecular flexibility index (Phi) is 5.37. The van der Waals surface area contributed by atoms with E-state index >= 15 is 0 Å². The first-order chi connectivity index (χ1) is 12.0. The fourth-order valence-electron chi connectivity index (χ4n) is 2.88. The van der Waals surface area contributed by atoms with E-state index < -0.39 is 0 Å². The molecule has 0 spiro atoms. The molecule has 1 amide bonds. The smallest absolute Gasteiger partial charge is 0.241 e. The van der Waals surface area contributed by atoms with Crippen molar-refractivity contribution in [3.63, 3.8) is 0 Å². The summed E-state index contributed by atoms with van der Waals surface area (Å²) in [6, 6.07) is 21.3. The molecule has 128 valence electrons. The maximum absolute atomic E-state index is 12.5. The molecule has 0 bridgehead atoms. The Bertz CT molecular complexity index is 894. The molecule has 0 aliphatic heterocycles. The molecular formula is C21H21ClN2O. The zero-order chi connectivity index (χ0) is 17.8. The molecule has 0 saturated heterocycles. The molecule has 3 aromatic rings. The summed E-state index contributed by atoms with van der Waals surface area (Å²) in [5, 5.41) is 9.22. The van der Waals surface area contributed by atoms with E-state index in [1.807, 2.05) is 74.5 Å². The van der Waals surface area contributed by atoms with Gasteiger partial charge in [-0.1, -0.05) is 60.1 Å². The van der Waals surface area contributed by atoms with Crippen molar-refractivity contribution in [1.82, 2.24) is 5.32 Å². The minimum absolute atomic E-state index is 0.0222. The highest BCUT2D eigenvalue weighted by Crippen LogP contribution is 2.23. The summed E-state index contributed by atoms with van der Waals surface area (Å²) >= 11 is 6.23. The van der Waals surface area contributed by atoms with Crippen LogP contribution in [0.1, 0.15) is 25.5 Å². The molecular weight excluding hydrogens is 332 g/mol. The average molecular weight is 353 g/mol. The number of hydrogen-bond donors (Lipinski definition) is 2. The largest absolute Gasteiger partial charge is 0.325 e. The number of benzene rings is 3. The van der Waals surface area contributed by atoms with Crippen molar-refractivity contribution in [3.8, 4) is 0 Å². The van der Waals surface area contributed by atoms with Crippen molar-refractivity contribution in [2.24, 2.45) is 0 Å². The lowest BCUT2D eigenvalue weighted by atomic mass is 10.1. The van der Waals surface area contributed by atoms with E-state index in [1.165, 1.54) is 0 Å². The van der Waals surface area contributed by atoms with E-state index in [2.05, 4.69) is 16.7 Å². The maximum Gasteiger partial charge on any atom is 0.241 e. The normalized spacial score (nSPS) is 13.4. The minimum Gasteiger partial charge on any atom is -0.325 e. The van der Waals surface area contributed by atoms with Gasteiger partial charge in [-0.05, 0) is 48.4 Å². The number of fused-ring (bicyclic) bond motifs is 1. The molecule has 25 heavy (non-hydrogen) atoms. The van der Waals surface area contributed by atoms with Gasteiger partial charge in [0.2, 0.25) is 5.91 Å². The number of halogens is 1. The summed E-state index contributed by atoms with van der Waals surface area (Å²) in [5.41, 5.74) is 1.78. The standard InChI is InChI=1S/C21H21ClN2O/c1-14(19-9-5-6-10-20(19)22)23-15(2)21(25)24-18-12-11-16-7-3-4-8-17(16)13-18/h3-15,23H,1-2H3,(H,24,25). The second-order valence-electron chi connectivity index (χ2n) is 6.18. The molecule has 0 aliphatic rings. The Morgan fingerprint density at radius 3 is 2.36 bits per heavy atom. The van der Waals surface area contributed by atoms with Gasteiger partial charge in [-0.25, -0.2) is 0 Å². The molecule has 3 aromatic carbocycles. The van der Waals surface area contributed by atoms with E-state index in [0.717, 1.165) is 22.0 Å². The monoisotopic (exact) mass is 352 g/mol. The van der Waals surface area contributed by atoms with Crippen molar-refractivity contribution in [3.05, 3.63) is 77.3 Å². The molecule has 2 atom stereocenters. The van der Waals surface area contributed by atoms with E-state index in [-0.39, 0.29) is 18.0 Å². The average Bonchev–Trinajstić information content (AvgIpc) is 2.61. The molecule has 0 radical (unpaired) electrons. The number of anilines is 1. The van der Waals surface area contributed by atoms with Crippen LogP contribution in [0.3, 0.4) is 0 Å². The molecule has 3 rings (SSSR count). The van der Waals surface area contributed by atoms with Crippen LogP contribution in [-0.2, 0) is 4.79 Å². The Morgan fingerprint density at radius 1 is 0.920 bits per heavy atom. The predicted molar refractivity (Wildman–Crippen MR) is 105 cm³/mol. The Balaban J connectivity index is 1.66. The van der Waals surface area contributed by atoms with Gasteiger partial charge < -0.3 is 5.32 Å². The lowest BCUT2D eigenvalue weighted by molar-refractivity contribution is -0.117. The number of rotatable bonds is 5. The summed E-state index contributed by atoms with van der Waals surface area (Å²) in [6.45, 7) is 3.85. The second kappa shape index (κ2) is 7.68. The number of amides is 1. The highest BCUT2D eigenvalue weighted by atomic mass is 35.5. The maximum atomic E-state index is 12.5. The SMILES string of the molecule is CC(NC(C)c1ccccc1Cl)C(=O)Nc1ccc2ccccc2c1. The fraction of sp³-hybridized carbons (Fsp3) is 0.190. The highest BCUT2D eigenvalue weighted by molar-refractivity contribution is 6.31. The van der Waals surface area contributed by atoms with Gasteiger partial charge in [0.05, 0.1) is 6.04 Å². The van der Waals surface area contributed by atoms with E-state index in [1.54, 1.807) is 0 Å². The van der Waals surface area contributed by atoms with Crippen LogP contribution in [0.25, 0.3) is 10.8 Å². The van der Waals surface area contributed by atoms with Gasteiger partial charge >= 0.3 is 0 Å². The topological polar surface area (TPSA) is 41.1 Å². The van der Waals surface area contributed by atoms with E-state index in [9.17, 15) is 4.79 Å². The number of nitrogens with one attached hydrogen (secondary N) is 2. The van der Waals surface area contributed by atoms with Crippen molar-refractivity contribution in [2.45, 2.75) is 25.9 Å². The van der Waals surface area contributed by atoms with Gasteiger partial charge in [-0.2, -0.15) is 0 Å². The fourth-order valence-corrected chi connectivity index (χ4v) is 3.18. The van der Waals surface area contributed by atoms with Gasteiger partial charge in [0, 0.05) is 16.8 Å². The summed E-state index contributed by atoms with van der Waals surface area (Å²) in [5.74, 6) is -0.0748. The molecule has 0 heterocycles. The van der Waals surface area contributed by atoms with Crippen LogP contribution in [-0.4, -0.2) is 11.9 Å². The summed E-state index contributed by atoms with van der Waals surface area (Å²) in [4.78, 5) is 12.5. The zero-order valence-electron chi connectivity index (χ0n) is 14.3. The first kappa shape index (κ1) is 17.5. The van der Waals surface area contributed by atoms with Crippen molar-refractivity contribution in [2.75, 3.05) is 5.32 Å².